The van der Waals surface area contributed by atoms with Gasteiger partial charge in [0, 0.05) is 19.0 Å². The van der Waals surface area contributed by atoms with Crippen LogP contribution in [0, 0.1) is 29.1 Å². The molecule has 2 aliphatic heterocycles. The molecule has 0 bridgehead atoms. The molecule has 0 saturated carbocycles. The summed E-state index contributed by atoms with van der Waals surface area (Å²) in [5, 5.41) is 75.0. The minimum absolute atomic E-state index is 0.00751. The number of aliphatic hydroxyl groups is 3. The van der Waals surface area contributed by atoms with Crippen LogP contribution in [-0.4, -0.2) is 198 Å². The van der Waals surface area contributed by atoms with Gasteiger partial charge < -0.3 is 89.6 Å². The van der Waals surface area contributed by atoms with E-state index in [1.807, 2.05) is 30.3 Å². The molecule has 10 amide bonds. The summed E-state index contributed by atoms with van der Waals surface area (Å²) in [6.45, 7) is 14.6. The van der Waals surface area contributed by atoms with Crippen molar-refractivity contribution < 1.29 is 72.8 Å². The molecule has 3 rings (SSSR count). The van der Waals surface area contributed by atoms with Crippen molar-refractivity contribution in [2.45, 2.75) is 205 Å². The van der Waals surface area contributed by atoms with Gasteiger partial charge in [-0.25, -0.2) is 4.79 Å². The molecule has 494 valence electrons. The van der Waals surface area contributed by atoms with E-state index in [2.05, 4.69) is 69.1 Å². The highest BCUT2D eigenvalue weighted by atomic mass is 16.5. The van der Waals surface area contributed by atoms with Gasteiger partial charge in [-0.2, -0.15) is 0 Å². The first-order valence-electron chi connectivity index (χ1n) is 30.3. The number of hydrogen-bond acceptors (Lipinski definition) is 18. The van der Waals surface area contributed by atoms with E-state index in [0.717, 1.165) is 5.56 Å². The van der Waals surface area contributed by atoms with Gasteiger partial charge in [0.25, 0.3) is 0 Å². The van der Waals surface area contributed by atoms with Crippen LogP contribution in [-0.2, 0) is 63.9 Å². The van der Waals surface area contributed by atoms with Gasteiger partial charge in [-0.15, -0.1) is 0 Å². The van der Waals surface area contributed by atoms with Gasteiger partial charge in [-0.3, -0.25) is 58.7 Å². The van der Waals surface area contributed by atoms with Crippen molar-refractivity contribution in [2.75, 3.05) is 26.8 Å². The van der Waals surface area contributed by atoms with Gasteiger partial charge in [-0.1, -0.05) is 111 Å². The lowest BCUT2D eigenvalue weighted by Crippen LogP contribution is -2.64. The van der Waals surface area contributed by atoms with Gasteiger partial charge in [0.15, 0.2) is 5.96 Å². The Morgan fingerprint density at radius 1 is 0.659 bits per heavy atom. The maximum Gasteiger partial charge on any atom is 0.329 e. The fraction of sp³-hybridized carbons (Fsp3) is 0.690. The van der Waals surface area contributed by atoms with Gasteiger partial charge in [-0.05, 0) is 69.4 Å². The lowest BCUT2D eigenvalue weighted by atomic mass is 9.94. The Labute approximate surface area is 514 Å². The molecule has 18 atom stereocenters. The molecule has 1 aromatic rings. The van der Waals surface area contributed by atoms with Gasteiger partial charge in [0.2, 0.25) is 59.1 Å². The van der Waals surface area contributed by atoms with Gasteiger partial charge >= 0.3 is 5.97 Å². The summed E-state index contributed by atoms with van der Waals surface area (Å²) in [6.07, 6.45) is -2.63. The molecular weight excluding hydrogens is 1150 g/mol. The van der Waals surface area contributed by atoms with Crippen LogP contribution in [0.25, 0.3) is 0 Å². The van der Waals surface area contributed by atoms with E-state index in [1.54, 1.807) is 62.4 Å². The number of aliphatic hydroxyl groups excluding tert-OH is 3. The average molecular weight is 1240 g/mol. The second kappa shape index (κ2) is 36.7. The number of benzene rings is 1. The topological polar surface area (TPSA) is 464 Å². The summed E-state index contributed by atoms with van der Waals surface area (Å²) < 4.78 is 5.76. The number of rotatable bonds is 33. The van der Waals surface area contributed by atoms with Crippen molar-refractivity contribution in [2.24, 2.45) is 29.4 Å². The predicted octanol–water partition coefficient (Wildman–Crippen LogP) is -4.26. The Bertz CT molecular complexity index is 2550. The summed E-state index contributed by atoms with van der Waals surface area (Å²) in [5.74, 6) is -11.7. The number of guanidine groups is 1. The quantitative estimate of drug-likeness (QED) is 0.0234. The Morgan fingerprint density at radius 2 is 1.18 bits per heavy atom. The number of likely N-dealkylation sites (N-methyl/N-ethyl adjacent to an activating group) is 1. The van der Waals surface area contributed by atoms with Crippen molar-refractivity contribution in [3.63, 3.8) is 0 Å². The zero-order chi connectivity index (χ0) is 66.1. The number of nitrogens with two attached hydrogens (primary N) is 1. The second-order valence-corrected chi connectivity index (χ2v) is 23.0. The average Bonchev–Trinajstić information content (AvgIpc) is 4.12. The third-order valence-corrected chi connectivity index (χ3v) is 16.3. The SMILES string of the molecule is CC[C@H](C)[C@H](NC(=O)[C@@H](Cc1ccccc1)NC)C(=O)N[C@@H](CO)C(=O)N[C@H](CCC(N)=O)C(=O)N[C@@H](C(=O)N[C@H](C(=O)N[C@@H](CO)C(O)N[C@H]1C(=O)NC(C)C(=O)N[C@@H](C[C@H]2CNC(=N)N2)C(=O)N[C@@H]([C@@H](C)CC)C(=O)O[C@H]1C)[C@@H](C)CC)[C@@H](C)CC. The lowest BCUT2D eigenvalue weighted by molar-refractivity contribution is -0.157. The highest BCUT2D eigenvalue weighted by molar-refractivity contribution is 5.98. The molecule has 0 spiro atoms. The standard InChI is InChI=1S/C58H97N15O15/c1-12-28(5)42(70-49(79)37(61-11)23-34-19-17-16-18-20-34)53(83)67-39(26-74)51(81)65-36(21-22-41(59)76)48(78)69-44(30(7)14-3)55(85)71-43(29(6)13-2)54(84)68-40(27-75)52(82)73-46-33(10)88-57(87)45(31(8)15-4)72-50(80)38(24-35-25-62-58(60)64-35)66-47(77)32(9)63-56(46)86/h16-20,28-33,35-40,42-46,52,61,73-75,82H,12-15,21-27H2,1-11H3,(H2,59,76)(H,63,86)(H,65,81)(H,66,77)(H,67,83)(H,68,84)(H,69,78)(H,70,79)(H,71,85)(H,72,80)(H3,60,62,64)/t28-,29-,30-,31-,32?,33-,35-,36+,37+,38-,39-,40-,42-,43-,44+,45-,46+,52?/m0/s1. The van der Waals surface area contributed by atoms with Crippen molar-refractivity contribution in [3.8, 4) is 0 Å². The molecule has 88 heavy (non-hydrogen) atoms. The van der Waals surface area contributed by atoms with Crippen molar-refractivity contribution in [1.82, 2.24) is 69.1 Å². The third-order valence-electron chi connectivity index (χ3n) is 16.3. The summed E-state index contributed by atoms with van der Waals surface area (Å²) in [7, 11) is 1.60. The molecule has 19 N–H and O–H groups in total. The summed E-state index contributed by atoms with van der Waals surface area (Å²) in [6, 6.07) is -6.42. The zero-order valence-corrected chi connectivity index (χ0v) is 52.4. The minimum Gasteiger partial charge on any atom is -0.459 e. The predicted molar refractivity (Wildman–Crippen MR) is 322 cm³/mol. The van der Waals surface area contributed by atoms with Crippen LogP contribution in [0.4, 0.5) is 0 Å². The largest absolute Gasteiger partial charge is 0.459 e. The maximum atomic E-state index is 14.4. The molecule has 2 heterocycles. The number of carbonyl (C=O) groups excluding carboxylic acids is 11. The molecule has 30 nitrogen and oxygen atoms in total. The second-order valence-electron chi connectivity index (χ2n) is 23.0. The summed E-state index contributed by atoms with van der Waals surface area (Å²) in [4.78, 5) is 152. The van der Waals surface area contributed by atoms with E-state index in [-0.39, 0.29) is 31.8 Å². The lowest BCUT2D eigenvalue weighted by Gasteiger charge is -2.33. The monoisotopic (exact) mass is 1240 g/mol. The Balaban J connectivity index is 1.85. The smallest absolute Gasteiger partial charge is 0.329 e. The molecule has 0 aromatic heterocycles. The van der Waals surface area contributed by atoms with E-state index < -0.39 is 200 Å². The number of esters is 1. The first-order valence-corrected chi connectivity index (χ1v) is 30.3. The molecule has 2 unspecified atom stereocenters. The number of amides is 10. The number of ether oxygens (including phenoxy) is 1. The Hall–Kier alpha value is -7.54. The molecule has 1 aromatic carbocycles. The van der Waals surface area contributed by atoms with E-state index in [0.29, 0.717) is 19.3 Å². The van der Waals surface area contributed by atoms with Crippen molar-refractivity contribution in [3.05, 3.63) is 35.9 Å². The highest BCUT2D eigenvalue weighted by Crippen LogP contribution is 2.18. The zero-order valence-electron chi connectivity index (χ0n) is 52.4. The molecular formula is C58H97N15O15. The fourth-order valence-electron chi connectivity index (χ4n) is 9.64. The molecule has 0 aliphatic carbocycles. The third kappa shape index (κ3) is 22.6. The van der Waals surface area contributed by atoms with Crippen LogP contribution in [0.3, 0.4) is 0 Å². The van der Waals surface area contributed by atoms with Crippen molar-refractivity contribution >= 4 is 71.0 Å². The number of hydrogen-bond donors (Lipinski definition) is 18. The first-order chi connectivity index (χ1) is 41.6. The fourth-order valence-corrected chi connectivity index (χ4v) is 9.64. The van der Waals surface area contributed by atoms with E-state index in [9.17, 15) is 68.1 Å². The van der Waals surface area contributed by atoms with Crippen LogP contribution >= 0.6 is 0 Å². The molecule has 0 radical (unpaired) electrons. The Morgan fingerprint density at radius 3 is 1.68 bits per heavy atom. The number of cyclic esters (lactones) is 1. The Kier molecular flexibility index (Phi) is 31.2. The number of primary amides is 1. The van der Waals surface area contributed by atoms with E-state index in [1.165, 1.54) is 13.8 Å². The van der Waals surface area contributed by atoms with Crippen LogP contribution in [0.5, 0.6) is 0 Å². The number of nitrogens with one attached hydrogen (secondary N) is 14. The maximum absolute atomic E-state index is 14.4. The van der Waals surface area contributed by atoms with E-state index >= 15 is 0 Å². The van der Waals surface area contributed by atoms with Crippen LogP contribution < -0.4 is 74.9 Å². The van der Waals surface area contributed by atoms with Crippen LogP contribution in [0.15, 0.2) is 30.3 Å². The molecule has 2 saturated heterocycles. The molecule has 2 fully saturated rings. The van der Waals surface area contributed by atoms with Crippen LogP contribution in [0.2, 0.25) is 0 Å². The van der Waals surface area contributed by atoms with Crippen LogP contribution in [0.1, 0.15) is 120 Å². The first kappa shape index (κ1) is 74.7. The van der Waals surface area contributed by atoms with Gasteiger partial charge in [0.05, 0.1) is 25.3 Å². The highest BCUT2D eigenvalue weighted by Gasteiger charge is 2.42. The molecule has 30 heteroatoms. The number of carbonyl (C=O) groups is 11. The van der Waals surface area contributed by atoms with Crippen molar-refractivity contribution in [1.29, 1.82) is 5.41 Å². The van der Waals surface area contributed by atoms with Gasteiger partial charge in [0.1, 0.15) is 66.7 Å². The van der Waals surface area contributed by atoms with E-state index in [4.69, 9.17) is 15.9 Å². The summed E-state index contributed by atoms with van der Waals surface area (Å²) in [5.41, 5.74) is 6.31. The normalized spacial score (nSPS) is 23.2. The minimum atomic E-state index is -2.00. The molecule has 2 aliphatic rings. The summed E-state index contributed by atoms with van der Waals surface area (Å²) >= 11 is 0.